The largest absolute Gasteiger partial charge is 0.422 e. The Hall–Kier alpha value is -3.06. The molecule has 0 atom stereocenters. The second kappa shape index (κ2) is 7.57. The Morgan fingerprint density at radius 1 is 1.19 bits per heavy atom. The minimum Gasteiger partial charge on any atom is -0.302 e. The zero-order valence-corrected chi connectivity index (χ0v) is 17.1. The van der Waals surface area contributed by atoms with Gasteiger partial charge in [-0.3, -0.25) is 19.4 Å². The number of thiazole rings is 1. The first-order valence-corrected chi connectivity index (χ1v) is 10.3. The van der Waals surface area contributed by atoms with E-state index in [-0.39, 0.29) is 28.4 Å². The lowest BCUT2D eigenvalue weighted by molar-refractivity contribution is -0.142. The van der Waals surface area contributed by atoms with Crippen LogP contribution in [0.5, 0.6) is 0 Å². The van der Waals surface area contributed by atoms with Crippen LogP contribution in [0.25, 0.3) is 22.2 Å². The van der Waals surface area contributed by atoms with Crippen LogP contribution in [0, 0.1) is 11.6 Å². The Morgan fingerprint density at radius 3 is 2.52 bits per heavy atom. The van der Waals surface area contributed by atoms with E-state index in [9.17, 15) is 31.5 Å². The summed E-state index contributed by atoms with van der Waals surface area (Å²) in [6.07, 6.45) is -5.26. The molecule has 0 bridgehead atoms. The summed E-state index contributed by atoms with van der Waals surface area (Å²) in [4.78, 5) is 29.0. The van der Waals surface area contributed by atoms with E-state index in [0.717, 1.165) is 11.3 Å². The number of hydrogen-bond donors (Lipinski definition) is 2. The van der Waals surface area contributed by atoms with Gasteiger partial charge in [0.25, 0.3) is 5.56 Å². The number of carbonyl (C=O) groups is 1. The predicted octanol–water partition coefficient (Wildman–Crippen LogP) is 4.53. The van der Waals surface area contributed by atoms with E-state index in [0.29, 0.717) is 27.9 Å². The number of carbonyl (C=O) groups excluding carboxylic acids is 1. The lowest BCUT2D eigenvalue weighted by Gasteiger charge is -2.10. The van der Waals surface area contributed by atoms with Gasteiger partial charge in [-0.05, 0) is 12.1 Å². The highest BCUT2D eigenvalue weighted by atomic mass is 32.1. The van der Waals surface area contributed by atoms with Crippen molar-refractivity contribution >= 4 is 44.6 Å². The second-order valence-corrected chi connectivity index (χ2v) is 8.32. The number of amides is 1. The first kappa shape index (κ1) is 21.2. The number of thiophene rings is 1. The number of aryl methyl sites for hydroxylation is 1. The molecule has 0 unspecified atom stereocenters. The Kier molecular flexibility index (Phi) is 5.17. The molecule has 4 rings (SSSR count). The molecular weight excluding hydrogens is 463 g/mol. The van der Waals surface area contributed by atoms with Crippen LogP contribution in [0.15, 0.2) is 27.7 Å². The summed E-state index contributed by atoms with van der Waals surface area (Å²) in [6, 6.07) is 1.08. The van der Waals surface area contributed by atoms with Crippen molar-refractivity contribution in [2.75, 3.05) is 5.32 Å². The van der Waals surface area contributed by atoms with E-state index in [2.05, 4.69) is 15.4 Å². The summed E-state index contributed by atoms with van der Waals surface area (Å²) in [5, 5.41) is 8.94. The number of benzene rings is 1. The van der Waals surface area contributed by atoms with Crippen LogP contribution in [0.3, 0.4) is 0 Å². The van der Waals surface area contributed by atoms with Gasteiger partial charge in [-0.25, -0.2) is 13.8 Å². The Morgan fingerprint density at radius 2 is 1.87 bits per heavy atom. The number of nitrogens with zero attached hydrogens (tertiary/aromatic N) is 2. The van der Waals surface area contributed by atoms with Crippen molar-refractivity contribution < 1.29 is 26.7 Å². The van der Waals surface area contributed by atoms with Gasteiger partial charge >= 0.3 is 6.18 Å². The van der Waals surface area contributed by atoms with E-state index in [1.54, 1.807) is 12.4 Å². The fourth-order valence-corrected chi connectivity index (χ4v) is 4.70. The molecule has 0 radical (unpaired) electrons. The fraction of sp³-hybridized carbons (Fsp3) is 0.167. The van der Waals surface area contributed by atoms with E-state index in [4.69, 9.17) is 0 Å². The molecule has 6 nitrogen and oxygen atoms in total. The monoisotopic (exact) mass is 474 g/mol. The van der Waals surface area contributed by atoms with Crippen LogP contribution in [0.1, 0.15) is 10.4 Å². The number of halogens is 5. The topological polar surface area (TPSA) is 79.8 Å². The molecule has 0 saturated heterocycles. The van der Waals surface area contributed by atoms with Crippen molar-refractivity contribution in [3.63, 3.8) is 0 Å². The van der Waals surface area contributed by atoms with Gasteiger partial charge in [-0.1, -0.05) is 0 Å². The lowest BCUT2D eigenvalue weighted by atomic mass is 10.1. The number of aromatic amines is 1. The number of fused-ring (bicyclic) bond motifs is 1. The van der Waals surface area contributed by atoms with Crippen molar-refractivity contribution in [3.05, 3.63) is 55.3 Å². The minimum atomic E-state index is -5.17. The molecule has 0 aliphatic carbocycles. The molecule has 3 aromatic heterocycles. The second-order valence-electron chi connectivity index (χ2n) is 6.50. The summed E-state index contributed by atoms with van der Waals surface area (Å²) in [7, 11) is 1.56. The molecule has 1 aromatic carbocycles. The van der Waals surface area contributed by atoms with Crippen LogP contribution in [-0.4, -0.2) is 20.7 Å². The van der Waals surface area contributed by atoms with Crippen molar-refractivity contribution in [3.8, 4) is 11.3 Å². The standard InChI is InChI=1S/C18H11F5N4O2S2/c1-27-16(29)14-11(26-27)6-30-12(14)4-13(28)25-17-24-10(5-31-17)7-2-8(19)15(9(20)3-7)18(21,22)23/h2-3,5-6,26H,4H2,1H3,(H,24,25,28). The number of anilines is 1. The molecule has 162 valence electrons. The van der Waals surface area contributed by atoms with Gasteiger partial charge < -0.3 is 5.32 Å². The third-order valence-corrected chi connectivity index (χ3v) is 6.11. The lowest BCUT2D eigenvalue weighted by Crippen LogP contribution is -2.16. The summed E-state index contributed by atoms with van der Waals surface area (Å²) >= 11 is 2.18. The van der Waals surface area contributed by atoms with Gasteiger partial charge in [-0.2, -0.15) is 13.2 Å². The van der Waals surface area contributed by atoms with E-state index >= 15 is 0 Å². The highest BCUT2D eigenvalue weighted by molar-refractivity contribution is 7.14. The zero-order valence-electron chi connectivity index (χ0n) is 15.4. The molecule has 4 aromatic rings. The van der Waals surface area contributed by atoms with Crippen molar-refractivity contribution in [1.82, 2.24) is 14.8 Å². The van der Waals surface area contributed by atoms with Crippen LogP contribution in [0.4, 0.5) is 27.1 Å². The van der Waals surface area contributed by atoms with Crippen LogP contribution >= 0.6 is 22.7 Å². The number of nitrogens with one attached hydrogen (secondary N) is 2. The van der Waals surface area contributed by atoms with Gasteiger partial charge in [0, 0.05) is 28.2 Å². The van der Waals surface area contributed by atoms with Crippen LogP contribution in [0.2, 0.25) is 0 Å². The minimum absolute atomic E-state index is 0.00448. The molecule has 2 N–H and O–H groups in total. The van der Waals surface area contributed by atoms with Crippen molar-refractivity contribution in [1.29, 1.82) is 0 Å². The zero-order chi connectivity index (χ0) is 22.5. The van der Waals surface area contributed by atoms with E-state index < -0.39 is 29.3 Å². The van der Waals surface area contributed by atoms with Crippen LogP contribution < -0.4 is 10.9 Å². The molecule has 0 spiro atoms. The SMILES string of the molecule is Cn1[nH]c2csc(CC(=O)Nc3nc(-c4cc(F)c(C(F)(F)F)c(F)c4)cs3)c2c1=O. The highest BCUT2D eigenvalue weighted by Gasteiger charge is 2.38. The molecule has 3 heterocycles. The third kappa shape index (κ3) is 3.97. The first-order chi connectivity index (χ1) is 14.5. The molecule has 0 saturated carbocycles. The maximum absolute atomic E-state index is 13.8. The fourth-order valence-electron chi connectivity index (χ4n) is 3.01. The smallest absolute Gasteiger partial charge is 0.302 e. The average Bonchev–Trinajstić information content (AvgIpc) is 3.33. The van der Waals surface area contributed by atoms with Gasteiger partial charge in [0.2, 0.25) is 5.91 Å². The molecular formula is C18H11F5N4O2S2. The summed E-state index contributed by atoms with van der Waals surface area (Å²) < 4.78 is 67.0. The van der Waals surface area contributed by atoms with Crippen molar-refractivity contribution in [2.45, 2.75) is 12.6 Å². The first-order valence-electron chi connectivity index (χ1n) is 8.51. The predicted molar refractivity (Wildman–Crippen MR) is 106 cm³/mol. The molecule has 0 fully saturated rings. The van der Waals surface area contributed by atoms with Crippen molar-refractivity contribution in [2.24, 2.45) is 7.05 Å². The van der Waals surface area contributed by atoms with Gasteiger partial charge in [0.05, 0.1) is 23.0 Å². The van der Waals surface area contributed by atoms with Gasteiger partial charge in [0.15, 0.2) is 5.13 Å². The quantitative estimate of drug-likeness (QED) is 0.427. The summed E-state index contributed by atoms with van der Waals surface area (Å²) in [5.74, 6) is -3.98. The third-order valence-electron chi connectivity index (χ3n) is 4.37. The Bertz CT molecular complexity index is 1340. The summed E-state index contributed by atoms with van der Waals surface area (Å²) in [6.45, 7) is 0. The van der Waals surface area contributed by atoms with E-state index in [1.165, 1.54) is 21.4 Å². The molecule has 13 heteroatoms. The number of H-pyrrole nitrogens is 1. The average molecular weight is 474 g/mol. The maximum atomic E-state index is 13.8. The number of rotatable bonds is 4. The highest BCUT2D eigenvalue weighted by Crippen LogP contribution is 2.36. The van der Waals surface area contributed by atoms with Gasteiger partial charge in [0.1, 0.15) is 17.2 Å². The maximum Gasteiger partial charge on any atom is 0.422 e. The number of hydrogen-bond acceptors (Lipinski definition) is 5. The molecule has 1 amide bonds. The normalized spacial score (nSPS) is 11.9. The van der Waals surface area contributed by atoms with Crippen LogP contribution in [-0.2, 0) is 24.4 Å². The Balaban J connectivity index is 1.53. The molecule has 0 aliphatic rings. The Labute approximate surface area is 177 Å². The number of alkyl halides is 3. The van der Waals surface area contributed by atoms with Gasteiger partial charge in [-0.15, -0.1) is 22.7 Å². The molecule has 31 heavy (non-hydrogen) atoms. The molecule has 0 aliphatic heterocycles. The number of aromatic nitrogens is 3. The van der Waals surface area contributed by atoms with E-state index in [1.807, 2.05) is 0 Å². The summed E-state index contributed by atoms with van der Waals surface area (Å²) in [5.41, 5.74) is -1.82.